The standard InChI is InChI=1S/C15H21BrN4O/c1-3-7-18-14(13-6-4-5-8-17-13)15-12(16)11-19-20(15)9-10-21-2/h4-6,8,11,14,18H,3,7,9-10H2,1-2H3. The minimum Gasteiger partial charge on any atom is -0.383 e. The Morgan fingerprint density at radius 1 is 1.43 bits per heavy atom. The van der Waals surface area contributed by atoms with E-state index in [1.807, 2.05) is 35.3 Å². The van der Waals surface area contributed by atoms with Crippen molar-refractivity contribution < 1.29 is 4.74 Å². The summed E-state index contributed by atoms with van der Waals surface area (Å²) in [5, 5.41) is 7.98. The molecule has 0 saturated heterocycles. The van der Waals surface area contributed by atoms with Crippen LogP contribution < -0.4 is 5.32 Å². The highest BCUT2D eigenvalue weighted by Gasteiger charge is 2.22. The van der Waals surface area contributed by atoms with Crippen LogP contribution in [-0.4, -0.2) is 35.0 Å². The second-order valence-corrected chi connectivity index (χ2v) is 5.59. The Balaban J connectivity index is 2.34. The maximum absolute atomic E-state index is 5.16. The molecular formula is C15H21BrN4O. The number of rotatable bonds is 8. The van der Waals surface area contributed by atoms with Gasteiger partial charge in [0, 0.05) is 13.3 Å². The van der Waals surface area contributed by atoms with Gasteiger partial charge in [0.1, 0.15) is 0 Å². The summed E-state index contributed by atoms with van der Waals surface area (Å²) in [7, 11) is 1.70. The fourth-order valence-electron chi connectivity index (χ4n) is 2.19. The Bertz CT molecular complexity index is 544. The van der Waals surface area contributed by atoms with Gasteiger partial charge in [0.15, 0.2) is 0 Å². The number of halogens is 1. The molecule has 1 atom stereocenters. The summed E-state index contributed by atoms with van der Waals surface area (Å²) in [6.45, 7) is 4.42. The first-order valence-corrected chi connectivity index (χ1v) is 7.91. The fraction of sp³-hybridized carbons (Fsp3) is 0.467. The predicted molar refractivity (Wildman–Crippen MR) is 86.2 cm³/mol. The number of pyridine rings is 1. The van der Waals surface area contributed by atoms with E-state index in [0.29, 0.717) is 13.2 Å². The van der Waals surface area contributed by atoms with Crippen molar-refractivity contribution in [1.29, 1.82) is 0 Å². The van der Waals surface area contributed by atoms with Crippen LogP contribution in [0.1, 0.15) is 30.8 Å². The highest BCUT2D eigenvalue weighted by molar-refractivity contribution is 9.10. The van der Waals surface area contributed by atoms with Crippen molar-refractivity contribution in [2.75, 3.05) is 20.3 Å². The van der Waals surface area contributed by atoms with Gasteiger partial charge in [-0.2, -0.15) is 5.10 Å². The molecule has 0 saturated carbocycles. The number of hydrogen-bond acceptors (Lipinski definition) is 4. The third kappa shape index (κ3) is 4.12. The van der Waals surface area contributed by atoms with E-state index in [4.69, 9.17) is 4.74 Å². The first-order chi connectivity index (χ1) is 10.3. The molecule has 21 heavy (non-hydrogen) atoms. The van der Waals surface area contributed by atoms with E-state index >= 15 is 0 Å². The molecule has 0 radical (unpaired) electrons. The maximum atomic E-state index is 5.16. The molecule has 0 aliphatic rings. The van der Waals surface area contributed by atoms with Crippen LogP contribution in [-0.2, 0) is 11.3 Å². The molecule has 114 valence electrons. The molecule has 2 aromatic heterocycles. The second kappa shape index (κ2) is 8.26. The highest BCUT2D eigenvalue weighted by Crippen LogP contribution is 2.27. The molecule has 0 amide bonds. The number of aromatic nitrogens is 3. The summed E-state index contributed by atoms with van der Waals surface area (Å²) in [5.41, 5.74) is 2.07. The SMILES string of the molecule is CCCNC(c1ccccn1)c1c(Br)cnn1CCOC. The van der Waals surface area contributed by atoms with Crippen LogP contribution in [0.2, 0.25) is 0 Å². The lowest BCUT2D eigenvalue weighted by atomic mass is 10.1. The molecule has 5 nitrogen and oxygen atoms in total. The van der Waals surface area contributed by atoms with Crippen molar-refractivity contribution in [3.05, 3.63) is 46.5 Å². The Hall–Kier alpha value is -1.24. The molecule has 0 bridgehead atoms. The van der Waals surface area contributed by atoms with Crippen LogP contribution >= 0.6 is 15.9 Å². The third-order valence-corrected chi connectivity index (χ3v) is 3.81. The second-order valence-electron chi connectivity index (χ2n) is 4.74. The molecule has 0 spiro atoms. The lowest BCUT2D eigenvalue weighted by Crippen LogP contribution is -2.27. The summed E-state index contributed by atoms with van der Waals surface area (Å²) in [6, 6.07) is 5.98. The molecule has 0 aromatic carbocycles. The average Bonchev–Trinajstić information content (AvgIpc) is 2.88. The van der Waals surface area contributed by atoms with E-state index < -0.39 is 0 Å². The fourth-order valence-corrected chi connectivity index (χ4v) is 2.72. The molecule has 0 aliphatic carbocycles. The summed E-state index contributed by atoms with van der Waals surface area (Å²) < 4.78 is 8.12. The lowest BCUT2D eigenvalue weighted by molar-refractivity contribution is 0.182. The van der Waals surface area contributed by atoms with Crippen molar-refractivity contribution in [3.8, 4) is 0 Å². The zero-order valence-corrected chi connectivity index (χ0v) is 14.0. The van der Waals surface area contributed by atoms with E-state index in [9.17, 15) is 0 Å². The Morgan fingerprint density at radius 2 is 2.29 bits per heavy atom. The molecule has 0 aliphatic heterocycles. The molecule has 1 N–H and O–H groups in total. The minimum atomic E-state index is 0.0138. The van der Waals surface area contributed by atoms with Gasteiger partial charge < -0.3 is 10.1 Å². The summed E-state index contributed by atoms with van der Waals surface area (Å²) in [5.74, 6) is 0. The van der Waals surface area contributed by atoms with E-state index in [0.717, 1.165) is 28.8 Å². The van der Waals surface area contributed by atoms with Crippen LogP contribution in [0.4, 0.5) is 0 Å². The number of ether oxygens (including phenoxy) is 1. The summed E-state index contributed by atoms with van der Waals surface area (Å²) in [4.78, 5) is 4.49. The first kappa shape index (κ1) is 16.1. The number of nitrogens with one attached hydrogen (secondary N) is 1. The van der Waals surface area contributed by atoms with Gasteiger partial charge in [-0.15, -0.1) is 0 Å². The topological polar surface area (TPSA) is 52.0 Å². The molecule has 1 unspecified atom stereocenters. The van der Waals surface area contributed by atoms with Gasteiger partial charge in [-0.3, -0.25) is 9.67 Å². The zero-order valence-electron chi connectivity index (χ0n) is 12.4. The van der Waals surface area contributed by atoms with E-state index in [1.165, 1.54) is 0 Å². The van der Waals surface area contributed by atoms with Crippen molar-refractivity contribution in [2.45, 2.75) is 25.9 Å². The van der Waals surface area contributed by atoms with Crippen LogP contribution in [0, 0.1) is 0 Å². The zero-order chi connectivity index (χ0) is 15.1. The number of methoxy groups -OCH3 is 1. The van der Waals surface area contributed by atoms with Gasteiger partial charge in [-0.25, -0.2) is 0 Å². The van der Waals surface area contributed by atoms with Crippen LogP contribution in [0.3, 0.4) is 0 Å². The monoisotopic (exact) mass is 352 g/mol. The molecule has 2 heterocycles. The Morgan fingerprint density at radius 3 is 2.95 bits per heavy atom. The van der Waals surface area contributed by atoms with Crippen molar-refractivity contribution in [1.82, 2.24) is 20.1 Å². The van der Waals surface area contributed by atoms with Gasteiger partial charge >= 0.3 is 0 Å². The smallest absolute Gasteiger partial charge is 0.0933 e. The maximum Gasteiger partial charge on any atom is 0.0933 e. The predicted octanol–water partition coefficient (Wildman–Crippen LogP) is 2.78. The number of nitrogens with zero attached hydrogens (tertiary/aromatic N) is 3. The van der Waals surface area contributed by atoms with E-state index in [2.05, 4.69) is 38.3 Å². The van der Waals surface area contributed by atoms with Gasteiger partial charge in [0.25, 0.3) is 0 Å². The van der Waals surface area contributed by atoms with Gasteiger partial charge in [0.2, 0.25) is 0 Å². The highest BCUT2D eigenvalue weighted by atomic mass is 79.9. The van der Waals surface area contributed by atoms with Gasteiger partial charge in [-0.05, 0) is 41.0 Å². The van der Waals surface area contributed by atoms with Crippen molar-refractivity contribution in [2.24, 2.45) is 0 Å². The summed E-state index contributed by atoms with van der Waals surface area (Å²) >= 11 is 3.61. The van der Waals surface area contributed by atoms with Crippen LogP contribution in [0.5, 0.6) is 0 Å². The van der Waals surface area contributed by atoms with Crippen molar-refractivity contribution >= 4 is 15.9 Å². The third-order valence-electron chi connectivity index (χ3n) is 3.20. The molecular weight excluding hydrogens is 332 g/mol. The lowest BCUT2D eigenvalue weighted by Gasteiger charge is -2.20. The molecule has 2 rings (SSSR count). The molecule has 6 heteroatoms. The van der Waals surface area contributed by atoms with Gasteiger partial charge in [0.05, 0.1) is 41.3 Å². The van der Waals surface area contributed by atoms with Crippen LogP contribution in [0.15, 0.2) is 35.1 Å². The Kier molecular flexibility index (Phi) is 6.35. The minimum absolute atomic E-state index is 0.0138. The molecule has 2 aromatic rings. The summed E-state index contributed by atoms with van der Waals surface area (Å²) in [6.07, 6.45) is 4.71. The molecule has 0 fully saturated rings. The van der Waals surface area contributed by atoms with E-state index in [1.54, 1.807) is 7.11 Å². The normalized spacial score (nSPS) is 12.5. The number of hydrogen-bond donors (Lipinski definition) is 1. The van der Waals surface area contributed by atoms with Crippen molar-refractivity contribution in [3.63, 3.8) is 0 Å². The quantitative estimate of drug-likeness (QED) is 0.793. The largest absolute Gasteiger partial charge is 0.383 e. The van der Waals surface area contributed by atoms with Crippen LogP contribution in [0.25, 0.3) is 0 Å². The first-order valence-electron chi connectivity index (χ1n) is 7.12. The van der Waals surface area contributed by atoms with E-state index in [-0.39, 0.29) is 6.04 Å². The Labute approximate surface area is 133 Å². The average molecular weight is 353 g/mol. The van der Waals surface area contributed by atoms with Gasteiger partial charge in [-0.1, -0.05) is 13.0 Å².